The summed E-state index contributed by atoms with van der Waals surface area (Å²) in [4.78, 5) is 63.6. The van der Waals surface area contributed by atoms with Crippen molar-refractivity contribution in [1.29, 1.82) is 0 Å². The molecular weight excluding hydrogens is 861 g/mol. The number of aliphatic carboxylic acids is 1. The van der Waals surface area contributed by atoms with Crippen LogP contribution in [-0.4, -0.2) is 158 Å². The number of morpholine rings is 2. The summed E-state index contributed by atoms with van der Waals surface area (Å²) >= 11 is 0. The van der Waals surface area contributed by atoms with E-state index in [0.717, 1.165) is 77.6 Å². The van der Waals surface area contributed by atoms with E-state index in [1.165, 1.54) is 11.9 Å². The van der Waals surface area contributed by atoms with Crippen molar-refractivity contribution in [1.82, 2.24) is 30.2 Å². The van der Waals surface area contributed by atoms with Crippen molar-refractivity contribution in [3.05, 3.63) is 41.7 Å². The number of carboxylic acids is 1. The first kappa shape index (κ1) is 49.9. The highest BCUT2D eigenvalue weighted by Crippen LogP contribution is 2.43. The number of ether oxygens (including phenoxy) is 5. The van der Waals surface area contributed by atoms with Crippen LogP contribution in [0.5, 0.6) is 0 Å². The normalized spacial score (nSPS) is 21.7. The van der Waals surface area contributed by atoms with Crippen LogP contribution in [0.15, 0.2) is 30.5 Å². The smallest absolute Gasteiger partial charge is 0.408 e. The van der Waals surface area contributed by atoms with Crippen LogP contribution in [-0.2, 0) is 51.0 Å². The zero-order valence-corrected chi connectivity index (χ0v) is 40.9. The number of rotatable bonds is 15. The Balaban J connectivity index is 1.25. The third-order valence-electron chi connectivity index (χ3n) is 13.2. The zero-order valence-electron chi connectivity index (χ0n) is 40.9. The zero-order chi connectivity index (χ0) is 48.2. The van der Waals surface area contributed by atoms with Gasteiger partial charge in [0.05, 0.1) is 67.9 Å². The molecule has 18 heteroatoms. The third kappa shape index (κ3) is 12.0. The van der Waals surface area contributed by atoms with E-state index in [1.807, 2.05) is 13.1 Å². The molecular formula is C49H72N8O10. The number of aryl methyl sites for hydroxylation is 1. The fourth-order valence-corrected chi connectivity index (χ4v) is 9.84. The lowest BCUT2D eigenvalue weighted by Crippen LogP contribution is -2.61. The van der Waals surface area contributed by atoms with Gasteiger partial charge in [-0.1, -0.05) is 13.8 Å². The maximum atomic E-state index is 14.1. The number of aromatic nitrogens is 2. The number of nitrogens with zero attached hydrogens (tertiary/aromatic N) is 6. The number of anilines is 2. The number of carbonyl (C=O) groups is 4. The second-order valence-corrected chi connectivity index (χ2v) is 20.1. The molecule has 0 radical (unpaired) electrons. The molecule has 3 N–H and O–H groups in total. The number of benzene rings is 1. The van der Waals surface area contributed by atoms with Crippen molar-refractivity contribution in [3.8, 4) is 11.3 Å². The van der Waals surface area contributed by atoms with Gasteiger partial charge in [-0.15, -0.1) is 0 Å². The maximum Gasteiger partial charge on any atom is 0.408 e. The molecule has 2 amide bonds. The van der Waals surface area contributed by atoms with E-state index in [1.54, 1.807) is 27.9 Å². The Morgan fingerprint density at radius 2 is 1.78 bits per heavy atom. The number of alkyl carbamates (subject to hydrolysis) is 1. The Bertz CT molecular complexity index is 2260. The molecule has 0 spiro atoms. The molecule has 18 nitrogen and oxygen atoms in total. The van der Waals surface area contributed by atoms with Crippen LogP contribution < -0.4 is 20.5 Å². The highest BCUT2D eigenvalue weighted by atomic mass is 16.6. The fraction of sp³-hybridized carbons (Fsp3) is 0.653. The topological polar surface area (TPSA) is 190 Å². The SMILES string of the molecule is CCn1c(-c2cc(N3CCN4CCOC[C@@H]4C3)cnc2[C@H](C)OC)c(CC(C)(C)COC(C)=O)c2cc(N3CCO[C@@H](C[C@H](NC(=O)OC(C)(C)C)C(=O)N4CCC[C@@H](C(=O)O)N4)C3)ccc21. The van der Waals surface area contributed by atoms with Crippen LogP contribution in [0.3, 0.4) is 0 Å². The van der Waals surface area contributed by atoms with Gasteiger partial charge in [0, 0.05) is 100 Å². The summed E-state index contributed by atoms with van der Waals surface area (Å²) in [6.45, 7) is 22.8. The van der Waals surface area contributed by atoms with E-state index in [-0.39, 0.29) is 25.1 Å². The molecule has 6 heterocycles. The summed E-state index contributed by atoms with van der Waals surface area (Å²) in [5, 5.41) is 14.8. The van der Waals surface area contributed by atoms with Gasteiger partial charge in [-0.25, -0.2) is 10.2 Å². The summed E-state index contributed by atoms with van der Waals surface area (Å²) in [5.74, 6) is -1.83. The number of pyridine rings is 1. The molecule has 4 aliphatic heterocycles. The van der Waals surface area contributed by atoms with Gasteiger partial charge in [0.15, 0.2) is 0 Å². The van der Waals surface area contributed by atoms with Gasteiger partial charge in [0.1, 0.15) is 17.7 Å². The summed E-state index contributed by atoms with van der Waals surface area (Å²) in [7, 11) is 1.71. The number of carbonyl (C=O) groups excluding carboxylic acids is 3. The number of nitrogens with one attached hydrogen (secondary N) is 2. The predicted molar refractivity (Wildman–Crippen MR) is 254 cm³/mol. The molecule has 2 aromatic heterocycles. The number of fused-ring (bicyclic) bond motifs is 2. The average molecular weight is 933 g/mol. The molecule has 4 aliphatic rings. The van der Waals surface area contributed by atoms with E-state index >= 15 is 0 Å². The van der Waals surface area contributed by atoms with Crippen LogP contribution in [0.2, 0.25) is 0 Å². The number of carboxylic acid groups (broad SMARTS) is 1. The molecule has 0 aliphatic carbocycles. The van der Waals surface area contributed by atoms with Crippen LogP contribution >= 0.6 is 0 Å². The highest BCUT2D eigenvalue weighted by molar-refractivity contribution is 5.95. The Labute approximate surface area is 394 Å². The molecule has 4 fully saturated rings. The number of methoxy groups -OCH3 is 1. The Morgan fingerprint density at radius 3 is 2.49 bits per heavy atom. The quantitative estimate of drug-likeness (QED) is 0.170. The number of hydrazine groups is 1. The number of esters is 1. The molecule has 7 rings (SSSR count). The largest absolute Gasteiger partial charge is 0.480 e. The van der Waals surface area contributed by atoms with Gasteiger partial charge in [-0.05, 0) is 83.7 Å². The first-order valence-corrected chi connectivity index (χ1v) is 23.9. The lowest BCUT2D eigenvalue weighted by molar-refractivity contribution is -0.148. The molecule has 0 bridgehead atoms. The Kier molecular flexibility index (Phi) is 15.7. The number of piperazine rings is 1. The molecule has 1 aromatic carbocycles. The van der Waals surface area contributed by atoms with Crippen molar-refractivity contribution in [2.75, 3.05) is 89.2 Å². The third-order valence-corrected chi connectivity index (χ3v) is 13.2. The van der Waals surface area contributed by atoms with Crippen molar-refractivity contribution in [3.63, 3.8) is 0 Å². The fourth-order valence-electron chi connectivity index (χ4n) is 9.84. The summed E-state index contributed by atoms with van der Waals surface area (Å²) in [6.07, 6.45) is 2.05. The van der Waals surface area contributed by atoms with Crippen molar-refractivity contribution in [2.24, 2.45) is 5.41 Å². The van der Waals surface area contributed by atoms with Gasteiger partial charge < -0.3 is 48.5 Å². The minimum Gasteiger partial charge on any atom is -0.480 e. The highest BCUT2D eigenvalue weighted by Gasteiger charge is 2.37. The standard InChI is InChI=1S/C49H72N8O10/c1-10-56-42-14-13-33(55-19-21-65-36(28-55)24-41(51-47(62)67-48(4,5)6)45(59)57-15-11-12-40(52-57)46(60)61)22-37(42)39(25-49(7,8)30-66-32(3)58)44(56)38-23-34(26-50-43(38)31(2)63-9)54-17-16-53-18-20-64-29-35(53)27-54/h13-14,22-23,26,31,35-36,40-41,52H,10-12,15-21,24-25,27-30H2,1-9H3,(H,51,62)(H,60,61)/t31-,35-,36-,40-,41-/m0/s1. The molecule has 5 atom stereocenters. The van der Waals surface area contributed by atoms with Gasteiger partial charge in [0.25, 0.3) is 5.91 Å². The molecule has 0 saturated carbocycles. The second kappa shape index (κ2) is 21.1. The second-order valence-electron chi connectivity index (χ2n) is 20.1. The van der Waals surface area contributed by atoms with Crippen LogP contribution in [0.4, 0.5) is 16.2 Å². The van der Waals surface area contributed by atoms with E-state index in [9.17, 15) is 24.3 Å². The summed E-state index contributed by atoms with van der Waals surface area (Å²) in [5.41, 5.74) is 8.63. The lowest BCUT2D eigenvalue weighted by Gasteiger charge is -2.44. The number of amides is 2. The first-order chi connectivity index (χ1) is 31.8. The van der Waals surface area contributed by atoms with Gasteiger partial charge in [-0.2, -0.15) is 0 Å². The average Bonchev–Trinajstić information content (AvgIpc) is 3.60. The minimum atomic E-state index is -1.05. The predicted octanol–water partition coefficient (Wildman–Crippen LogP) is 5.15. The van der Waals surface area contributed by atoms with Crippen molar-refractivity contribution >= 4 is 46.2 Å². The molecule has 368 valence electrons. The van der Waals surface area contributed by atoms with E-state index in [4.69, 9.17) is 28.7 Å². The van der Waals surface area contributed by atoms with E-state index in [0.29, 0.717) is 64.7 Å². The minimum absolute atomic E-state index is 0.130. The monoisotopic (exact) mass is 933 g/mol. The molecule has 0 unspecified atom stereocenters. The maximum absolute atomic E-state index is 14.1. The van der Waals surface area contributed by atoms with Crippen molar-refractivity contribution < 1.29 is 48.0 Å². The Morgan fingerprint density at radius 1 is 1.00 bits per heavy atom. The molecule has 4 saturated heterocycles. The van der Waals surface area contributed by atoms with Crippen molar-refractivity contribution in [2.45, 2.75) is 124 Å². The van der Waals surface area contributed by atoms with Crippen LogP contribution in [0.1, 0.15) is 92.0 Å². The van der Waals surface area contributed by atoms with Crippen LogP contribution in [0.25, 0.3) is 22.2 Å². The molecule has 67 heavy (non-hydrogen) atoms. The van der Waals surface area contributed by atoms with E-state index < -0.39 is 47.2 Å². The lowest BCUT2D eigenvalue weighted by atomic mass is 9.84. The number of hydrogen-bond acceptors (Lipinski definition) is 14. The summed E-state index contributed by atoms with van der Waals surface area (Å²) in [6, 6.07) is 7.14. The van der Waals surface area contributed by atoms with Crippen LogP contribution in [0, 0.1) is 5.41 Å². The van der Waals surface area contributed by atoms with Gasteiger partial charge in [-0.3, -0.25) is 29.3 Å². The first-order valence-electron chi connectivity index (χ1n) is 23.9. The number of hydrogen-bond donors (Lipinski definition) is 3. The van der Waals surface area contributed by atoms with Gasteiger partial charge in [0.2, 0.25) is 0 Å². The Hall–Kier alpha value is -5.01. The molecule has 3 aromatic rings. The summed E-state index contributed by atoms with van der Waals surface area (Å²) < 4.78 is 31.8. The van der Waals surface area contributed by atoms with E-state index in [2.05, 4.69) is 75.0 Å². The van der Waals surface area contributed by atoms with Gasteiger partial charge >= 0.3 is 18.0 Å².